The van der Waals surface area contributed by atoms with Crippen LogP contribution in [0.25, 0.3) is 0 Å². The number of carbonyl (C=O) groups excluding carboxylic acids is 1. The third-order valence-corrected chi connectivity index (χ3v) is 5.39. The molecule has 0 bridgehead atoms. The van der Waals surface area contributed by atoms with Crippen molar-refractivity contribution in [1.82, 2.24) is 0 Å². The molecule has 1 heterocycles. The van der Waals surface area contributed by atoms with Crippen molar-refractivity contribution < 1.29 is 14.3 Å². The molecule has 0 radical (unpaired) electrons. The first kappa shape index (κ1) is 17.5. The van der Waals surface area contributed by atoms with E-state index in [2.05, 4.69) is 25.1 Å². The van der Waals surface area contributed by atoms with Gasteiger partial charge in [-0.1, -0.05) is 44.4 Å². The van der Waals surface area contributed by atoms with E-state index in [9.17, 15) is 4.79 Å². The van der Waals surface area contributed by atoms with Crippen molar-refractivity contribution in [3.8, 4) is 0 Å². The van der Waals surface area contributed by atoms with Crippen molar-refractivity contribution >= 4 is 5.97 Å². The monoisotopic (exact) mass is 330 g/mol. The highest BCUT2D eigenvalue weighted by Crippen LogP contribution is 2.29. The number of fused-ring (bicyclic) bond motifs is 1. The molecule has 1 aromatic rings. The van der Waals surface area contributed by atoms with E-state index >= 15 is 0 Å². The summed E-state index contributed by atoms with van der Waals surface area (Å²) in [5.74, 6) is 0.235. The maximum Gasteiger partial charge on any atom is 0.312 e. The summed E-state index contributed by atoms with van der Waals surface area (Å²) in [6, 6.07) is 6.33. The molecule has 3 nitrogen and oxygen atoms in total. The Bertz CT molecular complexity index is 552. The number of rotatable bonds is 7. The number of hydrogen-bond acceptors (Lipinski definition) is 3. The molecule has 2 atom stereocenters. The summed E-state index contributed by atoms with van der Waals surface area (Å²) in [5.41, 5.74) is 3.93. The van der Waals surface area contributed by atoms with Gasteiger partial charge in [0.15, 0.2) is 0 Å². The number of carbonyl (C=O) groups is 1. The van der Waals surface area contributed by atoms with Gasteiger partial charge in [0.05, 0.1) is 13.0 Å². The van der Waals surface area contributed by atoms with Crippen LogP contribution in [-0.2, 0) is 33.5 Å². The number of ether oxygens (including phenoxy) is 2. The lowest BCUT2D eigenvalue weighted by atomic mass is 9.94. The van der Waals surface area contributed by atoms with Crippen molar-refractivity contribution in [1.29, 1.82) is 0 Å². The Morgan fingerprint density at radius 1 is 1.25 bits per heavy atom. The van der Waals surface area contributed by atoms with Crippen molar-refractivity contribution in [3.63, 3.8) is 0 Å². The Morgan fingerprint density at radius 2 is 2.17 bits per heavy atom. The van der Waals surface area contributed by atoms with E-state index < -0.39 is 0 Å². The SMILES string of the molecule is CCCCCC1CCCOC1OC(=O)Cc1cccc2c1CCC2. The van der Waals surface area contributed by atoms with Gasteiger partial charge in [-0.25, -0.2) is 0 Å². The van der Waals surface area contributed by atoms with Crippen LogP contribution in [0.4, 0.5) is 0 Å². The van der Waals surface area contributed by atoms with Gasteiger partial charge in [0.1, 0.15) is 0 Å². The predicted octanol–water partition coefficient (Wildman–Crippen LogP) is 4.59. The fourth-order valence-corrected chi connectivity index (χ4v) is 4.08. The number of esters is 1. The summed E-state index contributed by atoms with van der Waals surface area (Å²) >= 11 is 0. The first-order valence-corrected chi connectivity index (χ1v) is 9.68. The molecule has 3 heteroatoms. The van der Waals surface area contributed by atoms with Gasteiger partial charge in [-0.2, -0.15) is 0 Å². The topological polar surface area (TPSA) is 35.5 Å². The Balaban J connectivity index is 1.56. The molecule has 0 saturated carbocycles. The Morgan fingerprint density at radius 3 is 3.04 bits per heavy atom. The van der Waals surface area contributed by atoms with Crippen LogP contribution in [-0.4, -0.2) is 18.9 Å². The van der Waals surface area contributed by atoms with Gasteiger partial charge in [-0.15, -0.1) is 0 Å². The van der Waals surface area contributed by atoms with Gasteiger partial charge in [-0.05, 0) is 55.2 Å². The smallest absolute Gasteiger partial charge is 0.312 e. The summed E-state index contributed by atoms with van der Waals surface area (Å²) in [5, 5.41) is 0. The van der Waals surface area contributed by atoms with Crippen LogP contribution in [0.1, 0.15) is 68.6 Å². The highest BCUT2D eigenvalue weighted by molar-refractivity contribution is 5.73. The minimum atomic E-state index is -0.333. The molecule has 0 N–H and O–H groups in total. The summed E-state index contributed by atoms with van der Waals surface area (Å²) in [7, 11) is 0. The second-order valence-corrected chi connectivity index (χ2v) is 7.21. The van der Waals surface area contributed by atoms with Crippen LogP contribution < -0.4 is 0 Å². The molecule has 1 saturated heterocycles. The molecule has 1 fully saturated rings. The largest absolute Gasteiger partial charge is 0.435 e. The molecular formula is C21H30O3. The third kappa shape index (κ3) is 4.38. The Kier molecular flexibility index (Phi) is 6.30. The normalized spacial score (nSPS) is 23.0. The van der Waals surface area contributed by atoms with Crippen molar-refractivity contribution in [2.75, 3.05) is 6.61 Å². The fraction of sp³-hybridized carbons (Fsp3) is 0.667. The first-order valence-electron chi connectivity index (χ1n) is 9.68. The zero-order valence-electron chi connectivity index (χ0n) is 14.9. The fourth-order valence-electron chi connectivity index (χ4n) is 4.08. The van der Waals surface area contributed by atoms with E-state index in [1.807, 2.05) is 0 Å². The molecule has 0 spiro atoms. The van der Waals surface area contributed by atoms with E-state index in [-0.39, 0.29) is 12.3 Å². The molecule has 1 aliphatic heterocycles. The zero-order valence-corrected chi connectivity index (χ0v) is 14.9. The van der Waals surface area contributed by atoms with Crippen LogP contribution in [0.2, 0.25) is 0 Å². The minimum Gasteiger partial charge on any atom is -0.435 e. The average molecular weight is 330 g/mol. The average Bonchev–Trinajstić information content (AvgIpc) is 3.06. The lowest BCUT2D eigenvalue weighted by Crippen LogP contribution is -2.34. The summed E-state index contributed by atoms with van der Waals surface area (Å²) < 4.78 is 11.5. The van der Waals surface area contributed by atoms with Gasteiger partial charge in [0.2, 0.25) is 6.29 Å². The van der Waals surface area contributed by atoms with Crippen LogP contribution in [0.5, 0.6) is 0 Å². The summed E-state index contributed by atoms with van der Waals surface area (Å²) in [4.78, 5) is 12.5. The first-order chi connectivity index (χ1) is 11.8. The minimum absolute atomic E-state index is 0.136. The van der Waals surface area contributed by atoms with Gasteiger partial charge in [0, 0.05) is 5.92 Å². The van der Waals surface area contributed by atoms with Crippen LogP contribution in [0.3, 0.4) is 0 Å². The standard InChI is InChI=1S/C21H30O3/c1-2-3-4-8-17-12-7-14-23-21(17)24-20(22)15-18-11-5-9-16-10-6-13-19(16)18/h5,9,11,17,21H,2-4,6-8,10,12-15H2,1H3. The molecule has 2 unspecified atom stereocenters. The molecule has 3 rings (SSSR count). The highest BCUT2D eigenvalue weighted by atomic mass is 16.7. The Hall–Kier alpha value is -1.35. The highest BCUT2D eigenvalue weighted by Gasteiger charge is 2.29. The summed E-state index contributed by atoms with van der Waals surface area (Å²) in [6.45, 7) is 2.93. The second kappa shape index (κ2) is 8.66. The Labute approximate surface area is 145 Å². The number of aryl methyl sites for hydroxylation is 1. The van der Waals surface area contributed by atoms with Crippen molar-refractivity contribution in [2.24, 2.45) is 5.92 Å². The molecule has 0 aromatic heterocycles. The van der Waals surface area contributed by atoms with Gasteiger partial charge in [-0.3, -0.25) is 4.79 Å². The molecule has 1 aliphatic carbocycles. The van der Waals surface area contributed by atoms with E-state index in [4.69, 9.17) is 9.47 Å². The predicted molar refractivity (Wildman–Crippen MR) is 94.9 cm³/mol. The number of benzene rings is 1. The van der Waals surface area contributed by atoms with E-state index in [0.29, 0.717) is 18.9 Å². The molecule has 132 valence electrons. The van der Waals surface area contributed by atoms with Gasteiger partial charge >= 0.3 is 5.97 Å². The maximum atomic E-state index is 12.5. The number of hydrogen-bond donors (Lipinski definition) is 0. The molecule has 24 heavy (non-hydrogen) atoms. The number of unbranched alkanes of at least 4 members (excludes halogenated alkanes) is 2. The quantitative estimate of drug-likeness (QED) is 0.542. The maximum absolute atomic E-state index is 12.5. The van der Waals surface area contributed by atoms with Crippen molar-refractivity contribution in [3.05, 3.63) is 34.9 Å². The van der Waals surface area contributed by atoms with Crippen LogP contribution in [0, 0.1) is 5.92 Å². The summed E-state index contributed by atoms with van der Waals surface area (Å²) in [6.07, 6.45) is 10.4. The van der Waals surface area contributed by atoms with Gasteiger partial charge in [0.25, 0.3) is 0 Å². The second-order valence-electron chi connectivity index (χ2n) is 7.21. The molecule has 1 aromatic carbocycles. The van der Waals surface area contributed by atoms with E-state index in [1.54, 1.807) is 0 Å². The molecule has 2 aliphatic rings. The van der Waals surface area contributed by atoms with Crippen molar-refractivity contribution in [2.45, 2.75) is 77.4 Å². The van der Waals surface area contributed by atoms with E-state index in [1.165, 1.54) is 36.8 Å². The molecular weight excluding hydrogens is 300 g/mol. The third-order valence-electron chi connectivity index (χ3n) is 5.39. The lowest BCUT2D eigenvalue weighted by Gasteiger charge is -2.31. The molecule has 0 amide bonds. The lowest BCUT2D eigenvalue weighted by molar-refractivity contribution is -0.202. The zero-order chi connectivity index (χ0) is 16.8. The van der Waals surface area contributed by atoms with E-state index in [0.717, 1.165) is 37.7 Å². The van der Waals surface area contributed by atoms with Crippen LogP contribution in [0.15, 0.2) is 18.2 Å². The van der Waals surface area contributed by atoms with Gasteiger partial charge < -0.3 is 9.47 Å². The van der Waals surface area contributed by atoms with Crippen LogP contribution >= 0.6 is 0 Å².